The summed E-state index contributed by atoms with van der Waals surface area (Å²) < 4.78 is 43.8. The monoisotopic (exact) mass is 433 g/mol. The van der Waals surface area contributed by atoms with E-state index in [2.05, 4.69) is 15.3 Å². The van der Waals surface area contributed by atoms with Crippen molar-refractivity contribution in [3.8, 4) is 5.75 Å². The molecule has 0 saturated heterocycles. The van der Waals surface area contributed by atoms with Crippen LogP contribution in [0.25, 0.3) is 0 Å². The van der Waals surface area contributed by atoms with Crippen molar-refractivity contribution in [3.63, 3.8) is 0 Å². The minimum absolute atomic E-state index is 0.122. The van der Waals surface area contributed by atoms with E-state index in [1.807, 2.05) is 12.1 Å². The Labute approximate surface area is 175 Å². The van der Waals surface area contributed by atoms with E-state index in [1.54, 1.807) is 43.6 Å². The van der Waals surface area contributed by atoms with Gasteiger partial charge in [-0.3, -0.25) is 9.78 Å². The lowest BCUT2D eigenvalue weighted by atomic mass is 10.1. The number of hydrogen-bond donors (Lipinski definition) is 1. The first-order valence-corrected chi connectivity index (χ1v) is 9.77. The number of aromatic nitrogens is 2. The minimum atomic E-state index is -4.53. The van der Waals surface area contributed by atoms with Crippen molar-refractivity contribution < 1.29 is 22.7 Å². The van der Waals surface area contributed by atoms with Gasteiger partial charge < -0.3 is 10.1 Å². The van der Waals surface area contributed by atoms with Gasteiger partial charge in [-0.15, -0.1) is 0 Å². The Kier molecular flexibility index (Phi) is 6.94. The Morgan fingerprint density at radius 3 is 2.53 bits per heavy atom. The van der Waals surface area contributed by atoms with E-state index in [1.165, 1.54) is 18.3 Å². The van der Waals surface area contributed by atoms with Crippen LogP contribution in [0, 0.1) is 0 Å². The van der Waals surface area contributed by atoms with E-state index >= 15 is 0 Å². The molecule has 3 aromatic rings. The smallest absolute Gasteiger partial charge is 0.447 e. The van der Waals surface area contributed by atoms with Crippen LogP contribution in [0.1, 0.15) is 34.5 Å². The number of rotatable bonds is 7. The van der Waals surface area contributed by atoms with Crippen molar-refractivity contribution in [2.24, 2.45) is 0 Å². The summed E-state index contributed by atoms with van der Waals surface area (Å²) in [5, 5.41) is 2.33. The number of hydrogen-bond acceptors (Lipinski definition) is 5. The molecule has 0 spiro atoms. The van der Waals surface area contributed by atoms with Gasteiger partial charge in [0, 0.05) is 35.9 Å². The summed E-state index contributed by atoms with van der Waals surface area (Å²) >= 11 is -0.409. The summed E-state index contributed by atoms with van der Waals surface area (Å²) in [6.07, 6.45) is 4.62. The van der Waals surface area contributed by atoms with Gasteiger partial charge >= 0.3 is 5.51 Å². The zero-order valence-corrected chi connectivity index (χ0v) is 16.7. The van der Waals surface area contributed by atoms with Crippen LogP contribution in [-0.4, -0.2) is 21.4 Å². The van der Waals surface area contributed by atoms with Crippen LogP contribution in [0.15, 0.2) is 72.1 Å². The van der Waals surface area contributed by atoms with Crippen molar-refractivity contribution in [3.05, 3.63) is 83.8 Å². The van der Waals surface area contributed by atoms with Crippen LogP contribution in [0.4, 0.5) is 13.2 Å². The van der Waals surface area contributed by atoms with E-state index < -0.39 is 29.2 Å². The third-order valence-corrected chi connectivity index (χ3v) is 4.83. The number of thioether (sulfide) groups is 1. The Morgan fingerprint density at radius 1 is 1.13 bits per heavy atom. The van der Waals surface area contributed by atoms with Gasteiger partial charge in [0.15, 0.2) is 0 Å². The van der Waals surface area contributed by atoms with Crippen molar-refractivity contribution in [1.82, 2.24) is 15.3 Å². The number of alkyl halides is 3. The molecule has 3 rings (SSSR count). The zero-order chi connectivity index (χ0) is 21.6. The number of nitrogens with zero attached hydrogens (tertiary/aromatic N) is 2. The second kappa shape index (κ2) is 9.62. The molecule has 9 heteroatoms. The first-order chi connectivity index (χ1) is 14.3. The molecule has 5 nitrogen and oxygen atoms in total. The molecule has 0 radical (unpaired) electrons. The average molecular weight is 433 g/mol. The van der Waals surface area contributed by atoms with Crippen molar-refractivity contribution >= 4 is 17.7 Å². The van der Waals surface area contributed by atoms with Crippen LogP contribution in [-0.2, 0) is 6.61 Å². The summed E-state index contributed by atoms with van der Waals surface area (Å²) in [6.45, 7) is 2.12. The van der Waals surface area contributed by atoms with Crippen molar-refractivity contribution in [2.75, 3.05) is 0 Å². The minimum Gasteiger partial charge on any atom is -0.489 e. The molecule has 0 fully saturated rings. The number of benzene rings is 1. The molecule has 156 valence electrons. The molecule has 0 aliphatic heterocycles. The van der Waals surface area contributed by atoms with Gasteiger partial charge in [0.1, 0.15) is 17.4 Å². The molecule has 0 aliphatic rings. The largest absolute Gasteiger partial charge is 0.489 e. The lowest BCUT2D eigenvalue weighted by Gasteiger charge is -2.16. The molecule has 0 saturated carbocycles. The summed E-state index contributed by atoms with van der Waals surface area (Å²) in [5.74, 6) is 0.0245. The maximum absolute atomic E-state index is 12.7. The quantitative estimate of drug-likeness (QED) is 0.522. The highest BCUT2D eigenvalue weighted by molar-refractivity contribution is 8.00. The van der Waals surface area contributed by atoms with Crippen LogP contribution in [0.2, 0.25) is 0 Å². The van der Waals surface area contributed by atoms with Gasteiger partial charge in [-0.05, 0) is 42.8 Å². The number of ether oxygens (including phenoxy) is 1. The number of nitrogens with one attached hydrogen (secondary N) is 1. The first kappa shape index (κ1) is 21.6. The number of pyridine rings is 2. The molecule has 1 atom stereocenters. The molecule has 2 aromatic heterocycles. The Hall–Kier alpha value is -3.07. The molecular formula is C21H18F3N3O2S. The second-order valence-corrected chi connectivity index (χ2v) is 7.37. The zero-order valence-electron chi connectivity index (χ0n) is 15.9. The van der Waals surface area contributed by atoms with Crippen LogP contribution >= 0.6 is 11.8 Å². The normalized spacial score (nSPS) is 12.3. The molecule has 30 heavy (non-hydrogen) atoms. The van der Waals surface area contributed by atoms with Gasteiger partial charge in [0.2, 0.25) is 0 Å². The highest BCUT2D eigenvalue weighted by Crippen LogP contribution is 2.37. The van der Waals surface area contributed by atoms with Crippen molar-refractivity contribution in [1.29, 1.82) is 0 Å². The van der Waals surface area contributed by atoms with Gasteiger partial charge in [-0.25, -0.2) is 4.98 Å². The second-order valence-electron chi connectivity index (χ2n) is 6.32. The number of carbonyl (C=O) groups excluding carboxylic acids is 1. The van der Waals surface area contributed by atoms with E-state index in [0.29, 0.717) is 12.4 Å². The number of amides is 1. The van der Waals surface area contributed by atoms with Gasteiger partial charge in [-0.1, -0.05) is 18.2 Å². The maximum Gasteiger partial charge on any atom is 0.447 e. The topological polar surface area (TPSA) is 64.1 Å². The average Bonchev–Trinajstić information content (AvgIpc) is 2.72. The summed E-state index contributed by atoms with van der Waals surface area (Å²) in [4.78, 5) is 20.2. The molecule has 1 amide bonds. The van der Waals surface area contributed by atoms with E-state index in [9.17, 15) is 18.0 Å². The van der Waals surface area contributed by atoms with E-state index in [-0.39, 0.29) is 10.6 Å². The summed E-state index contributed by atoms with van der Waals surface area (Å²) in [5.41, 5.74) is -2.93. The van der Waals surface area contributed by atoms with E-state index in [4.69, 9.17) is 4.74 Å². The summed E-state index contributed by atoms with van der Waals surface area (Å²) in [6, 6.07) is 13.2. The van der Waals surface area contributed by atoms with Gasteiger partial charge in [0.25, 0.3) is 5.91 Å². The van der Waals surface area contributed by atoms with Crippen LogP contribution < -0.4 is 10.1 Å². The number of carbonyl (C=O) groups is 1. The molecule has 2 heterocycles. The van der Waals surface area contributed by atoms with E-state index in [0.717, 1.165) is 11.1 Å². The fourth-order valence-electron chi connectivity index (χ4n) is 2.62. The standard InChI is InChI=1S/C21H18F3N3O2S/c1-14(27-19(28)18-5-3-11-26-20(18)30-21(22,23)24)16-6-8-17(9-7-16)29-13-15-4-2-10-25-12-15/h2-12,14H,13H2,1H3,(H,27,28). The highest BCUT2D eigenvalue weighted by Gasteiger charge is 2.32. The third kappa shape index (κ3) is 6.21. The van der Waals surface area contributed by atoms with Gasteiger partial charge in [0.05, 0.1) is 11.6 Å². The summed E-state index contributed by atoms with van der Waals surface area (Å²) in [7, 11) is 0. The predicted molar refractivity (Wildman–Crippen MR) is 107 cm³/mol. The fraction of sp³-hybridized carbons (Fsp3) is 0.190. The molecule has 1 N–H and O–H groups in total. The Bertz CT molecular complexity index is 983. The van der Waals surface area contributed by atoms with Crippen LogP contribution in [0.5, 0.6) is 5.75 Å². The Morgan fingerprint density at radius 2 is 1.87 bits per heavy atom. The third-order valence-electron chi connectivity index (χ3n) is 4.08. The fourth-order valence-corrected chi connectivity index (χ4v) is 3.22. The maximum atomic E-state index is 12.7. The molecule has 0 aliphatic carbocycles. The van der Waals surface area contributed by atoms with Crippen molar-refractivity contribution in [2.45, 2.75) is 30.1 Å². The van der Waals surface area contributed by atoms with Gasteiger partial charge in [-0.2, -0.15) is 13.2 Å². The Balaban J connectivity index is 1.62. The predicted octanol–water partition coefficient (Wildman–Crippen LogP) is 5.16. The number of halogens is 3. The molecular weight excluding hydrogens is 415 g/mol. The molecule has 1 aromatic carbocycles. The molecule has 1 unspecified atom stereocenters. The SMILES string of the molecule is CC(NC(=O)c1cccnc1SC(F)(F)F)c1ccc(OCc2cccnc2)cc1. The first-order valence-electron chi connectivity index (χ1n) is 8.95. The molecule has 0 bridgehead atoms. The highest BCUT2D eigenvalue weighted by atomic mass is 32.2. The lowest BCUT2D eigenvalue weighted by molar-refractivity contribution is -0.0329. The van der Waals surface area contributed by atoms with Crippen LogP contribution in [0.3, 0.4) is 0 Å². The lowest BCUT2D eigenvalue weighted by Crippen LogP contribution is -2.27.